The molecule has 3 nitrogen and oxygen atoms in total. The third-order valence-corrected chi connectivity index (χ3v) is 6.14. The molecular formula is C20H17BrN2OS. The van der Waals surface area contributed by atoms with Gasteiger partial charge in [0.2, 0.25) is 0 Å². The fourth-order valence-corrected chi connectivity index (χ4v) is 4.73. The van der Waals surface area contributed by atoms with Crippen molar-refractivity contribution in [1.29, 1.82) is 0 Å². The van der Waals surface area contributed by atoms with E-state index in [1.165, 1.54) is 21.7 Å². The first kappa shape index (κ1) is 16.5. The van der Waals surface area contributed by atoms with E-state index >= 15 is 0 Å². The molecular weight excluding hydrogens is 396 g/mol. The molecule has 0 saturated heterocycles. The van der Waals surface area contributed by atoms with Crippen molar-refractivity contribution in [2.75, 3.05) is 0 Å². The number of halogens is 1. The highest BCUT2D eigenvalue weighted by molar-refractivity contribution is 9.10. The number of hydrogen-bond acceptors (Lipinski definition) is 2. The van der Waals surface area contributed by atoms with Crippen LogP contribution in [-0.4, -0.2) is 10.5 Å². The fraction of sp³-hybridized carbons (Fsp3) is 0.200. The first-order valence-electron chi connectivity index (χ1n) is 8.32. The van der Waals surface area contributed by atoms with Crippen molar-refractivity contribution in [2.24, 2.45) is 4.99 Å². The van der Waals surface area contributed by atoms with Gasteiger partial charge in [0.1, 0.15) is 0 Å². The van der Waals surface area contributed by atoms with E-state index in [1.807, 2.05) is 12.1 Å². The lowest BCUT2D eigenvalue weighted by Gasteiger charge is -2.17. The third-order valence-electron chi connectivity index (χ3n) is 4.48. The average molecular weight is 413 g/mol. The number of rotatable bonds is 2. The summed E-state index contributed by atoms with van der Waals surface area (Å²) in [5, 5.41) is 0. The molecule has 1 aliphatic carbocycles. The standard InChI is InChI=1S/C20H17BrN2OS/c1-2-23-18-16-6-4-3-5-13(16)9-12-17(18)25-20(23)22-19(24)14-7-10-15(21)11-8-14/h3-8,10-11H,2,9,12H2,1H3. The summed E-state index contributed by atoms with van der Waals surface area (Å²) in [4.78, 5) is 19.1. The molecule has 2 aromatic carbocycles. The van der Waals surface area contributed by atoms with E-state index in [4.69, 9.17) is 0 Å². The molecule has 0 bridgehead atoms. The Bertz CT molecular complexity index is 1010. The highest BCUT2D eigenvalue weighted by Crippen LogP contribution is 2.34. The number of carbonyl (C=O) groups excluding carboxylic acids is 1. The van der Waals surface area contributed by atoms with Gasteiger partial charge in [-0.3, -0.25) is 4.79 Å². The van der Waals surface area contributed by atoms with Crippen molar-refractivity contribution in [3.05, 3.63) is 73.8 Å². The van der Waals surface area contributed by atoms with E-state index in [-0.39, 0.29) is 5.91 Å². The number of benzene rings is 2. The van der Waals surface area contributed by atoms with Crippen LogP contribution in [0.3, 0.4) is 0 Å². The summed E-state index contributed by atoms with van der Waals surface area (Å²) in [7, 11) is 0. The van der Waals surface area contributed by atoms with Crippen LogP contribution in [-0.2, 0) is 19.4 Å². The quantitative estimate of drug-likeness (QED) is 0.592. The molecule has 1 aliphatic rings. The molecule has 25 heavy (non-hydrogen) atoms. The molecule has 1 aromatic heterocycles. The van der Waals surface area contributed by atoms with Gasteiger partial charge in [-0.05, 0) is 49.6 Å². The second-order valence-corrected chi connectivity index (χ2v) is 7.96. The Balaban J connectivity index is 1.84. The summed E-state index contributed by atoms with van der Waals surface area (Å²) < 4.78 is 3.13. The summed E-state index contributed by atoms with van der Waals surface area (Å²) >= 11 is 5.04. The number of fused-ring (bicyclic) bond motifs is 3. The van der Waals surface area contributed by atoms with Crippen molar-refractivity contribution in [3.63, 3.8) is 0 Å². The summed E-state index contributed by atoms with van der Waals surface area (Å²) in [5.41, 5.74) is 4.49. The van der Waals surface area contributed by atoms with Gasteiger partial charge in [0, 0.05) is 27.0 Å². The number of aromatic nitrogens is 1. The Morgan fingerprint density at radius 3 is 2.68 bits per heavy atom. The van der Waals surface area contributed by atoms with E-state index in [0.29, 0.717) is 5.56 Å². The monoisotopic (exact) mass is 412 g/mol. The Labute approximate surface area is 158 Å². The normalized spacial score (nSPS) is 13.4. The number of amides is 1. The molecule has 5 heteroatoms. The Kier molecular flexibility index (Phi) is 4.44. The van der Waals surface area contributed by atoms with Gasteiger partial charge in [0.25, 0.3) is 5.91 Å². The molecule has 0 aliphatic heterocycles. The molecule has 0 unspecified atom stereocenters. The molecule has 0 N–H and O–H groups in total. The lowest BCUT2D eigenvalue weighted by Crippen LogP contribution is -2.18. The van der Waals surface area contributed by atoms with E-state index in [0.717, 1.165) is 28.7 Å². The van der Waals surface area contributed by atoms with E-state index < -0.39 is 0 Å². The maximum absolute atomic E-state index is 12.6. The van der Waals surface area contributed by atoms with Crippen molar-refractivity contribution in [2.45, 2.75) is 26.3 Å². The second-order valence-electron chi connectivity index (χ2n) is 5.98. The predicted molar refractivity (Wildman–Crippen MR) is 105 cm³/mol. The molecule has 0 spiro atoms. The molecule has 126 valence electrons. The zero-order valence-corrected chi connectivity index (χ0v) is 16.2. The van der Waals surface area contributed by atoms with Gasteiger partial charge >= 0.3 is 0 Å². The van der Waals surface area contributed by atoms with Crippen LogP contribution in [0.5, 0.6) is 0 Å². The number of hydrogen-bond donors (Lipinski definition) is 0. The van der Waals surface area contributed by atoms with Crippen molar-refractivity contribution >= 4 is 33.2 Å². The van der Waals surface area contributed by atoms with E-state index in [2.05, 4.69) is 56.7 Å². The summed E-state index contributed by atoms with van der Waals surface area (Å²) in [6.07, 6.45) is 2.06. The fourth-order valence-electron chi connectivity index (χ4n) is 3.26. The van der Waals surface area contributed by atoms with Gasteiger partial charge in [-0.15, -0.1) is 11.3 Å². The molecule has 4 rings (SSSR count). The SMILES string of the molecule is CCn1c2c(sc1=NC(=O)c1ccc(Br)cc1)CCc1ccccc1-2. The second kappa shape index (κ2) is 6.73. The van der Waals surface area contributed by atoms with Crippen molar-refractivity contribution in [1.82, 2.24) is 4.57 Å². The smallest absolute Gasteiger partial charge is 0.279 e. The number of carbonyl (C=O) groups is 1. The van der Waals surface area contributed by atoms with Crippen LogP contribution < -0.4 is 4.80 Å². The summed E-state index contributed by atoms with van der Waals surface area (Å²) in [6.45, 7) is 2.90. The van der Waals surface area contributed by atoms with E-state index in [9.17, 15) is 4.79 Å². The third kappa shape index (κ3) is 3.02. The van der Waals surface area contributed by atoms with Crippen LogP contribution in [0.25, 0.3) is 11.3 Å². The maximum Gasteiger partial charge on any atom is 0.279 e. The van der Waals surface area contributed by atoms with E-state index in [1.54, 1.807) is 23.5 Å². The lowest BCUT2D eigenvalue weighted by atomic mass is 9.93. The van der Waals surface area contributed by atoms with Gasteiger partial charge in [0.15, 0.2) is 4.80 Å². The lowest BCUT2D eigenvalue weighted by molar-refractivity contribution is 0.0998. The van der Waals surface area contributed by atoms with Crippen LogP contribution in [0.4, 0.5) is 0 Å². The molecule has 0 saturated carbocycles. The van der Waals surface area contributed by atoms with Gasteiger partial charge in [-0.25, -0.2) is 0 Å². The first-order valence-corrected chi connectivity index (χ1v) is 9.93. The minimum Gasteiger partial charge on any atom is -0.316 e. The topological polar surface area (TPSA) is 34.4 Å². The summed E-state index contributed by atoms with van der Waals surface area (Å²) in [5.74, 6) is -0.193. The van der Waals surface area contributed by atoms with Gasteiger partial charge in [0.05, 0.1) is 5.69 Å². The predicted octanol–water partition coefficient (Wildman–Crippen LogP) is 4.84. The molecule has 0 atom stereocenters. The van der Waals surface area contributed by atoms with Crippen LogP contribution in [0.2, 0.25) is 0 Å². The molecule has 1 heterocycles. The number of aryl methyl sites for hydroxylation is 2. The number of nitrogens with zero attached hydrogens (tertiary/aromatic N) is 2. The van der Waals surface area contributed by atoms with Gasteiger partial charge in [-0.2, -0.15) is 4.99 Å². The first-order chi connectivity index (χ1) is 12.2. The molecule has 0 radical (unpaired) electrons. The average Bonchev–Trinajstić information content (AvgIpc) is 2.99. The molecule has 3 aromatic rings. The van der Waals surface area contributed by atoms with Crippen LogP contribution >= 0.6 is 27.3 Å². The highest BCUT2D eigenvalue weighted by atomic mass is 79.9. The largest absolute Gasteiger partial charge is 0.316 e. The summed E-state index contributed by atoms with van der Waals surface area (Å²) in [6, 6.07) is 15.9. The zero-order chi connectivity index (χ0) is 17.4. The van der Waals surface area contributed by atoms with Crippen LogP contribution in [0.15, 0.2) is 58.0 Å². The minimum absolute atomic E-state index is 0.193. The van der Waals surface area contributed by atoms with Crippen molar-refractivity contribution in [3.8, 4) is 11.3 Å². The van der Waals surface area contributed by atoms with Gasteiger partial charge in [-0.1, -0.05) is 40.2 Å². The van der Waals surface area contributed by atoms with Crippen molar-refractivity contribution < 1.29 is 4.79 Å². The Morgan fingerprint density at radius 2 is 1.92 bits per heavy atom. The Hall–Kier alpha value is -1.98. The molecule has 0 fully saturated rings. The Morgan fingerprint density at radius 1 is 1.16 bits per heavy atom. The molecule has 1 amide bonds. The highest BCUT2D eigenvalue weighted by Gasteiger charge is 2.21. The number of thiazole rings is 1. The maximum atomic E-state index is 12.6. The van der Waals surface area contributed by atoms with Crippen LogP contribution in [0, 0.1) is 0 Å². The van der Waals surface area contributed by atoms with Crippen LogP contribution in [0.1, 0.15) is 27.7 Å². The minimum atomic E-state index is -0.193. The van der Waals surface area contributed by atoms with Gasteiger partial charge < -0.3 is 4.57 Å². The zero-order valence-electron chi connectivity index (χ0n) is 13.8.